The first-order valence-corrected chi connectivity index (χ1v) is 6.99. The van der Waals surface area contributed by atoms with Gasteiger partial charge in [0, 0.05) is 31.0 Å². The number of hydrogen-bond donors (Lipinski definition) is 1. The molecule has 0 saturated heterocycles. The Labute approximate surface area is 131 Å². The Balaban J connectivity index is 2.08. The van der Waals surface area contributed by atoms with Gasteiger partial charge in [-0.25, -0.2) is 0 Å². The highest BCUT2D eigenvalue weighted by atomic mass is 19.4. The summed E-state index contributed by atoms with van der Waals surface area (Å²) in [5, 5.41) is 10.3. The number of hydrogen-bond acceptors (Lipinski definition) is 3. The maximum absolute atomic E-state index is 12.7. The predicted octanol–water partition coefficient (Wildman–Crippen LogP) is 2.13. The zero-order chi connectivity index (χ0) is 17.4. The number of nitrogens with zero attached hydrogens (tertiary/aromatic N) is 4. The highest BCUT2D eigenvalue weighted by molar-refractivity contribution is 5.79. The minimum absolute atomic E-state index is 0.259. The topological polar surface area (TPSA) is 64.7 Å². The largest absolute Gasteiger partial charge is 0.435 e. The molecule has 2 heterocycles. The molecule has 0 spiro atoms. The average molecular weight is 329 g/mol. The van der Waals surface area contributed by atoms with E-state index >= 15 is 0 Å². The fourth-order valence-electron chi connectivity index (χ4n) is 2.28. The van der Waals surface area contributed by atoms with Gasteiger partial charge in [0.05, 0.1) is 5.69 Å². The molecule has 2 aromatic heterocycles. The normalized spacial score (nSPS) is 13.2. The highest BCUT2D eigenvalue weighted by Crippen LogP contribution is 2.29. The summed E-state index contributed by atoms with van der Waals surface area (Å²) in [5.41, 5.74) is 0.909. The second kappa shape index (κ2) is 6.05. The number of alkyl halides is 3. The summed E-state index contributed by atoms with van der Waals surface area (Å²) in [4.78, 5) is 12.2. The minimum atomic E-state index is -4.53. The van der Waals surface area contributed by atoms with E-state index in [0.29, 0.717) is 0 Å². The Morgan fingerprint density at radius 1 is 1.35 bits per heavy atom. The number of halogens is 3. The monoisotopic (exact) mass is 329 g/mol. The molecule has 23 heavy (non-hydrogen) atoms. The minimum Gasteiger partial charge on any atom is -0.350 e. The summed E-state index contributed by atoms with van der Waals surface area (Å²) in [6, 6.07) is 0.0813. The molecule has 0 bridgehead atoms. The first-order valence-electron chi connectivity index (χ1n) is 6.99. The first-order chi connectivity index (χ1) is 10.6. The van der Waals surface area contributed by atoms with Gasteiger partial charge in [0.15, 0.2) is 5.69 Å². The molecule has 126 valence electrons. The number of rotatable bonds is 4. The number of aryl methyl sites for hydroxylation is 3. The summed E-state index contributed by atoms with van der Waals surface area (Å²) in [6.45, 7) is 5.07. The molecule has 0 aliphatic heterocycles. The van der Waals surface area contributed by atoms with Crippen LogP contribution in [0.4, 0.5) is 13.2 Å². The van der Waals surface area contributed by atoms with Crippen LogP contribution in [0.3, 0.4) is 0 Å². The smallest absolute Gasteiger partial charge is 0.350 e. The predicted molar refractivity (Wildman–Crippen MR) is 76.5 cm³/mol. The Hall–Kier alpha value is -2.32. The fourth-order valence-corrected chi connectivity index (χ4v) is 2.28. The molecule has 2 aromatic rings. The van der Waals surface area contributed by atoms with Crippen LogP contribution in [0, 0.1) is 13.8 Å². The molecular formula is C14H18F3N5O. The van der Waals surface area contributed by atoms with Crippen LogP contribution in [-0.4, -0.2) is 25.5 Å². The van der Waals surface area contributed by atoms with Crippen LogP contribution in [0.5, 0.6) is 0 Å². The standard InChI is InChI=1S/C14H18F3N5O/c1-8-5-12(14(15,16)17)20-22(8)10(3)13(23)18-6-11-7-21(4)19-9(11)2/h5,7,10H,6H2,1-4H3,(H,18,23). The van der Waals surface area contributed by atoms with Gasteiger partial charge in [0.25, 0.3) is 0 Å². The lowest BCUT2D eigenvalue weighted by Gasteiger charge is -2.14. The SMILES string of the molecule is Cc1nn(C)cc1CNC(=O)C(C)n1nc(C(F)(F)F)cc1C. The molecule has 0 aromatic carbocycles. The van der Waals surface area contributed by atoms with Crippen LogP contribution in [0.25, 0.3) is 0 Å². The quantitative estimate of drug-likeness (QED) is 0.934. The van der Waals surface area contributed by atoms with Gasteiger partial charge in [0.2, 0.25) is 5.91 Å². The van der Waals surface area contributed by atoms with Gasteiger partial charge in [-0.3, -0.25) is 14.2 Å². The molecule has 1 atom stereocenters. The Bertz CT molecular complexity index is 717. The van der Waals surface area contributed by atoms with Crippen LogP contribution >= 0.6 is 0 Å². The van der Waals surface area contributed by atoms with Crippen molar-refractivity contribution in [2.75, 3.05) is 0 Å². The number of amides is 1. The van der Waals surface area contributed by atoms with Gasteiger partial charge < -0.3 is 5.32 Å². The van der Waals surface area contributed by atoms with E-state index in [0.717, 1.165) is 22.0 Å². The van der Waals surface area contributed by atoms with Crippen molar-refractivity contribution in [2.45, 2.75) is 39.5 Å². The van der Waals surface area contributed by atoms with Crippen molar-refractivity contribution in [3.8, 4) is 0 Å². The van der Waals surface area contributed by atoms with Crippen LogP contribution in [0.1, 0.15) is 35.6 Å². The van der Waals surface area contributed by atoms with Gasteiger partial charge in [-0.15, -0.1) is 0 Å². The first kappa shape index (κ1) is 17.0. The van der Waals surface area contributed by atoms with Crippen LogP contribution in [0.2, 0.25) is 0 Å². The number of carbonyl (C=O) groups is 1. The molecule has 0 radical (unpaired) electrons. The summed E-state index contributed by atoms with van der Waals surface area (Å²) < 4.78 is 40.7. The van der Waals surface area contributed by atoms with Gasteiger partial charge >= 0.3 is 6.18 Å². The van der Waals surface area contributed by atoms with Crippen molar-refractivity contribution >= 4 is 5.91 Å². The Kier molecular flexibility index (Phi) is 4.49. The molecule has 1 N–H and O–H groups in total. The van der Waals surface area contributed by atoms with Crippen LogP contribution in [0.15, 0.2) is 12.3 Å². The molecule has 9 heteroatoms. The van der Waals surface area contributed by atoms with E-state index in [2.05, 4.69) is 15.5 Å². The van der Waals surface area contributed by atoms with Gasteiger partial charge in [-0.05, 0) is 26.8 Å². The molecular weight excluding hydrogens is 311 g/mol. The second-order valence-electron chi connectivity index (χ2n) is 5.42. The lowest BCUT2D eigenvalue weighted by atomic mass is 10.2. The second-order valence-corrected chi connectivity index (χ2v) is 5.42. The van der Waals surface area contributed by atoms with E-state index in [1.54, 1.807) is 17.9 Å². The molecule has 6 nitrogen and oxygen atoms in total. The highest BCUT2D eigenvalue weighted by Gasteiger charge is 2.35. The third-order valence-corrected chi connectivity index (χ3v) is 3.53. The molecule has 0 saturated carbocycles. The Morgan fingerprint density at radius 3 is 2.48 bits per heavy atom. The summed E-state index contributed by atoms with van der Waals surface area (Å²) >= 11 is 0. The maximum atomic E-state index is 12.7. The fraction of sp³-hybridized carbons (Fsp3) is 0.500. The summed E-state index contributed by atoms with van der Waals surface area (Å²) in [5.74, 6) is -0.409. The van der Waals surface area contributed by atoms with Crippen LogP contribution < -0.4 is 5.32 Å². The average Bonchev–Trinajstić information content (AvgIpc) is 2.97. The molecule has 0 aliphatic carbocycles. The summed E-state index contributed by atoms with van der Waals surface area (Å²) in [6.07, 6.45) is -2.75. The van der Waals surface area contributed by atoms with E-state index in [1.165, 1.54) is 13.8 Å². The van der Waals surface area contributed by atoms with Crippen molar-refractivity contribution in [1.82, 2.24) is 24.9 Å². The van der Waals surface area contributed by atoms with E-state index in [-0.39, 0.29) is 12.2 Å². The lowest BCUT2D eigenvalue weighted by Crippen LogP contribution is -2.31. The number of carbonyl (C=O) groups excluding carboxylic acids is 1. The number of aromatic nitrogens is 4. The van der Waals surface area contributed by atoms with Crippen molar-refractivity contribution in [3.05, 3.63) is 34.9 Å². The van der Waals surface area contributed by atoms with Crippen molar-refractivity contribution in [2.24, 2.45) is 7.05 Å². The van der Waals surface area contributed by atoms with Gasteiger partial charge in [-0.1, -0.05) is 0 Å². The maximum Gasteiger partial charge on any atom is 0.435 e. The van der Waals surface area contributed by atoms with Gasteiger partial charge in [-0.2, -0.15) is 23.4 Å². The third kappa shape index (κ3) is 3.72. The van der Waals surface area contributed by atoms with Crippen molar-refractivity contribution in [3.63, 3.8) is 0 Å². The lowest BCUT2D eigenvalue weighted by molar-refractivity contribution is -0.142. The summed E-state index contributed by atoms with van der Waals surface area (Å²) in [7, 11) is 1.77. The Morgan fingerprint density at radius 2 is 2.00 bits per heavy atom. The number of nitrogens with one attached hydrogen (secondary N) is 1. The van der Waals surface area contributed by atoms with Gasteiger partial charge in [0.1, 0.15) is 6.04 Å². The zero-order valence-corrected chi connectivity index (χ0v) is 13.3. The zero-order valence-electron chi connectivity index (χ0n) is 13.3. The molecule has 2 rings (SSSR count). The van der Waals surface area contributed by atoms with E-state index < -0.39 is 23.8 Å². The van der Waals surface area contributed by atoms with Crippen molar-refractivity contribution in [1.29, 1.82) is 0 Å². The van der Waals surface area contributed by atoms with E-state index in [9.17, 15) is 18.0 Å². The molecule has 0 aliphatic rings. The van der Waals surface area contributed by atoms with E-state index in [1.807, 2.05) is 6.92 Å². The molecule has 1 amide bonds. The van der Waals surface area contributed by atoms with Crippen LogP contribution in [-0.2, 0) is 24.6 Å². The molecule has 1 unspecified atom stereocenters. The third-order valence-electron chi connectivity index (χ3n) is 3.53. The van der Waals surface area contributed by atoms with Crippen molar-refractivity contribution < 1.29 is 18.0 Å². The van der Waals surface area contributed by atoms with E-state index in [4.69, 9.17) is 0 Å². The molecule has 0 fully saturated rings.